The molecule has 0 saturated heterocycles. The van der Waals surface area contributed by atoms with Gasteiger partial charge in [0.05, 0.1) is 4.47 Å². The number of benzene rings is 1. The highest BCUT2D eigenvalue weighted by atomic mass is 79.9. The summed E-state index contributed by atoms with van der Waals surface area (Å²) < 4.78 is 13.9. The van der Waals surface area contributed by atoms with Crippen LogP contribution < -0.4 is 5.32 Å². The van der Waals surface area contributed by atoms with Gasteiger partial charge >= 0.3 is 0 Å². The number of halogens is 2. The second-order valence-electron chi connectivity index (χ2n) is 4.93. The smallest absolute Gasteiger partial charge is 0.137 e. The van der Waals surface area contributed by atoms with Crippen LogP contribution in [-0.2, 0) is 0 Å². The molecule has 3 heteroatoms. The Kier molecular flexibility index (Phi) is 4.08. The third-order valence-electron chi connectivity index (χ3n) is 3.79. The predicted molar refractivity (Wildman–Crippen MR) is 73.9 cm³/mol. The molecule has 1 nitrogen and oxygen atoms in total. The zero-order chi connectivity index (χ0) is 12.4. The van der Waals surface area contributed by atoms with Crippen LogP contribution in [0, 0.1) is 18.7 Å². The standard InChI is InChI=1S/C14H19BrFN/c1-3-10-5-4-6-13(10)17-14-8-11(15)12(16)7-9(14)2/h7-8,10,13,17H,3-6H2,1-2H3. The van der Waals surface area contributed by atoms with Crippen molar-refractivity contribution in [1.82, 2.24) is 0 Å². The predicted octanol–water partition coefficient (Wildman–Crippen LogP) is 4.89. The minimum absolute atomic E-state index is 0.188. The van der Waals surface area contributed by atoms with Crippen molar-refractivity contribution < 1.29 is 4.39 Å². The summed E-state index contributed by atoms with van der Waals surface area (Å²) in [7, 11) is 0. The van der Waals surface area contributed by atoms with Gasteiger partial charge in [0, 0.05) is 11.7 Å². The van der Waals surface area contributed by atoms with E-state index >= 15 is 0 Å². The summed E-state index contributed by atoms with van der Waals surface area (Å²) in [5.74, 6) is 0.574. The van der Waals surface area contributed by atoms with Crippen molar-refractivity contribution in [3.63, 3.8) is 0 Å². The summed E-state index contributed by atoms with van der Waals surface area (Å²) in [6.07, 6.45) is 5.07. The molecule has 1 N–H and O–H groups in total. The topological polar surface area (TPSA) is 12.0 Å². The van der Waals surface area contributed by atoms with E-state index in [-0.39, 0.29) is 5.82 Å². The van der Waals surface area contributed by atoms with Gasteiger partial charge in [-0.25, -0.2) is 4.39 Å². The first kappa shape index (κ1) is 12.9. The van der Waals surface area contributed by atoms with Crippen LogP contribution in [0.25, 0.3) is 0 Å². The van der Waals surface area contributed by atoms with Gasteiger partial charge < -0.3 is 5.32 Å². The first-order valence-corrected chi connectivity index (χ1v) is 7.13. The van der Waals surface area contributed by atoms with Crippen LogP contribution >= 0.6 is 15.9 Å². The highest BCUT2D eigenvalue weighted by molar-refractivity contribution is 9.10. The summed E-state index contributed by atoms with van der Waals surface area (Å²) in [4.78, 5) is 0. The van der Waals surface area contributed by atoms with Gasteiger partial charge in [0.2, 0.25) is 0 Å². The fraction of sp³-hybridized carbons (Fsp3) is 0.571. The molecule has 0 bridgehead atoms. The maximum atomic E-state index is 13.3. The largest absolute Gasteiger partial charge is 0.382 e. The molecule has 0 amide bonds. The Hall–Kier alpha value is -0.570. The highest BCUT2D eigenvalue weighted by Crippen LogP contribution is 2.32. The van der Waals surface area contributed by atoms with E-state index < -0.39 is 0 Å². The van der Waals surface area contributed by atoms with Crippen LogP contribution in [0.4, 0.5) is 10.1 Å². The first-order valence-electron chi connectivity index (χ1n) is 6.34. The highest BCUT2D eigenvalue weighted by Gasteiger charge is 2.25. The van der Waals surface area contributed by atoms with Crippen molar-refractivity contribution in [2.75, 3.05) is 5.32 Å². The van der Waals surface area contributed by atoms with E-state index in [9.17, 15) is 4.39 Å². The second kappa shape index (κ2) is 5.38. The van der Waals surface area contributed by atoms with Crippen molar-refractivity contribution in [2.45, 2.75) is 45.6 Å². The van der Waals surface area contributed by atoms with E-state index in [2.05, 4.69) is 28.2 Å². The van der Waals surface area contributed by atoms with Gasteiger partial charge in [0.15, 0.2) is 0 Å². The van der Waals surface area contributed by atoms with Gasteiger partial charge in [0.1, 0.15) is 5.82 Å². The number of nitrogens with one attached hydrogen (secondary N) is 1. The van der Waals surface area contributed by atoms with Crippen LogP contribution in [0.3, 0.4) is 0 Å². The molecule has 2 atom stereocenters. The van der Waals surface area contributed by atoms with Crippen molar-refractivity contribution >= 4 is 21.6 Å². The summed E-state index contributed by atoms with van der Waals surface area (Å²) >= 11 is 3.25. The molecule has 2 rings (SSSR count). The molecule has 0 radical (unpaired) electrons. The van der Waals surface area contributed by atoms with E-state index in [1.807, 2.05) is 13.0 Å². The van der Waals surface area contributed by atoms with E-state index in [0.29, 0.717) is 10.5 Å². The van der Waals surface area contributed by atoms with Gasteiger partial charge in [-0.05, 0) is 59.3 Å². The molecule has 0 spiro atoms. The molecular formula is C14H19BrFN. The van der Waals surface area contributed by atoms with Crippen LogP contribution in [0.2, 0.25) is 0 Å². The number of aryl methyl sites for hydroxylation is 1. The molecule has 94 valence electrons. The monoisotopic (exact) mass is 299 g/mol. The lowest BCUT2D eigenvalue weighted by Gasteiger charge is -2.22. The van der Waals surface area contributed by atoms with Crippen LogP contribution in [0.1, 0.15) is 38.2 Å². The molecule has 1 aromatic rings. The zero-order valence-electron chi connectivity index (χ0n) is 10.4. The average molecular weight is 300 g/mol. The summed E-state index contributed by atoms with van der Waals surface area (Å²) in [6, 6.07) is 3.99. The lowest BCUT2D eigenvalue weighted by molar-refractivity contribution is 0.489. The summed E-state index contributed by atoms with van der Waals surface area (Å²) in [5, 5.41) is 3.58. The molecular weight excluding hydrogens is 281 g/mol. The third-order valence-corrected chi connectivity index (χ3v) is 4.40. The lowest BCUT2D eigenvalue weighted by Crippen LogP contribution is -2.23. The Labute approximate surface area is 111 Å². The molecule has 17 heavy (non-hydrogen) atoms. The van der Waals surface area contributed by atoms with Crippen LogP contribution in [0.15, 0.2) is 16.6 Å². The van der Waals surface area contributed by atoms with E-state index in [1.165, 1.54) is 25.7 Å². The van der Waals surface area contributed by atoms with Crippen LogP contribution in [-0.4, -0.2) is 6.04 Å². The average Bonchev–Trinajstić information content (AvgIpc) is 2.73. The minimum atomic E-state index is -0.188. The number of anilines is 1. The van der Waals surface area contributed by atoms with Crippen LogP contribution in [0.5, 0.6) is 0 Å². The minimum Gasteiger partial charge on any atom is -0.382 e. The zero-order valence-corrected chi connectivity index (χ0v) is 12.0. The Morgan fingerprint density at radius 2 is 2.18 bits per heavy atom. The van der Waals surface area contributed by atoms with Gasteiger partial charge in [0.25, 0.3) is 0 Å². The maximum Gasteiger partial charge on any atom is 0.137 e. The molecule has 0 heterocycles. The quantitative estimate of drug-likeness (QED) is 0.838. The third kappa shape index (κ3) is 2.82. The van der Waals surface area contributed by atoms with E-state index in [1.54, 1.807) is 6.07 Å². The SMILES string of the molecule is CCC1CCCC1Nc1cc(Br)c(F)cc1C. The van der Waals surface area contributed by atoms with Gasteiger partial charge in [-0.1, -0.05) is 19.8 Å². The first-order chi connectivity index (χ1) is 8.11. The molecule has 1 fully saturated rings. The molecule has 0 aliphatic heterocycles. The molecule has 1 aliphatic rings. The second-order valence-corrected chi connectivity index (χ2v) is 5.79. The summed E-state index contributed by atoms with van der Waals surface area (Å²) in [6.45, 7) is 4.20. The number of hydrogen-bond acceptors (Lipinski definition) is 1. The Balaban J connectivity index is 2.15. The fourth-order valence-electron chi connectivity index (χ4n) is 2.72. The van der Waals surface area contributed by atoms with Gasteiger partial charge in [-0.2, -0.15) is 0 Å². The Morgan fingerprint density at radius 1 is 1.41 bits per heavy atom. The molecule has 1 aromatic carbocycles. The van der Waals surface area contributed by atoms with E-state index in [4.69, 9.17) is 0 Å². The van der Waals surface area contributed by atoms with Gasteiger partial charge in [-0.3, -0.25) is 0 Å². The van der Waals surface area contributed by atoms with Crippen molar-refractivity contribution in [2.24, 2.45) is 5.92 Å². The maximum absolute atomic E-state index is 13.3. The van der Waals surface area contributed by atoms with Crippen molar-refractivity contribution in [3.8, 4) is 0 Å². The molecule has 1 aliphatic carbocycles. The number of rotatable bonds is 3. The molecule has 2 unspecified atom stereocenters. The van der Waals surface area contributed by atoms with Gasteiger partial charge in [-0.15, -0.1) is 0 Å². The van der Waals surface area contributed by atoms with E-state index in [0.717, 1.165) is 17.2 Å². The fourth-order valence-corrected chi connectivity index (χ4v) is 3.06. The summed E-state index contributed by atoms with van der Waals surface area (Å²) in [5.41, 5.74) is 2.04. The van der Waals surface area contributed by atoms with Crippen molar-refractivity contribution in [3.05, 3.63) is 28.0 Å². The number of hydrogen-bond donors (Lipinski definition) is 1. The Morgan fingerprint density at radius 3 is 2.88 bits per heavy atom. The van der Waals surface area contributed by atoms with Crippen molar-refractivity contribution in [1.29, 1.82) is 0 Å². The lowest BCUT2D eigenvalue weighted by atomic mass is 10.00. The normalized spacial score (nSPS) is 24.0. The molecule has 1 saturated carbocycles. The molecule has 0 aromatic heterocycles. The Bertz CT molecular complexity index is 405.